The molecule has 1 spiro atoms. The quantitative estimate of drug-likeness (QED) is 0.753. The van der Waals surface area contributed by atoms with Gasteiger partial charge in [0.25, 0.3) is 5.91 Å². The van der Waals surface area contributed by atoms with Gasteiger partial charge in [-0.3, -0.25) is 9.59 Å². The van der Waals surface area contributed by atoms with Crippen LogP contribution >= 0.6 is 0 Å². The van der Waals surface area contributed by atoms with E-state index in [2.05, 4.69) is 20.0 Å². The molecule has 0 N–H and O–H groups in total. The second-order valence-electron chi connectivity index (χ2n) is 7.84. The number of fused-ring (bicyclic) bond motifs is 2. The lowest BCUT2D eigenvalue weighted by Gasteiger charge is -2.46. The Morgan fingerprint density at radius 2 is 1.93 bits per heavy atom. The van der Waals surface area contributed by atoms with Gasteiger partial charge in [0.2, 0.25) is 17.6 Å². The minimum Gasteiger partial charge on any atom is -0.351 e. The number of aromatic nitrogens is 3. The van der Waals surface area contributed by atoms with Crippen molar-refractivity contribution in [2.45, 2.75) is 18.4 Å². The van der Waals surface area contributed by atoms with Gasteiger partial charge in [-0.15, -0.1) is 0 Å². The lowest BCUT2D eigenvalue weighted by atomic mass is 9.75. The van der Waals surface area contributed by atoms with Crippen molar-refractivity contribution in [2.75, 3.05) is 38.1 Å². The molecule has 2 aromatic rings. The van der Waals surface area contributed by atoms with Gasteiger partial charge in [-0.2, -0.15) is 0 Å². The standard InChI is InChI=1S/C19H22N6O3/c1-23-16(26)13-11-25(18-20-6-2-7-21-18)12-14(13)19(23)4-9-24(10-5-19)17(27)15-3-8-22-28-15/h2-3,6-8,13-14H,4-5,9-12H2,1H3/t13-,14+/m1/s1. The molecule has 0 unspecified atom stereocenters. The number of likely N-dealkylation sites (tertiary alicyclic amines) is 2. The molecular weight excluding hydrogens is 360 g/mol. The molecule has 3 saturated heterocycles. The Balaban J connectivity index is 1.35. The maximum Gasteiger partial charge on any atom is 0.292 e. The van der Waals surface area contributed by atoms with E-state index >= 15 is 0 Å². The van der Waals surface area contributed by atoms with Crippen molar-refractivity contribution in [3.8, 4) is 0 Å². The Morgan fingerprint density at radius 3 is 2.61 bits per heavy atom. The highest BCUT2D eigenvalue weighted by Gasteiger charge is 2.61. The predicted octanol–water partition coefficient (Wildman–Crippen LogP) is 0.664. The number of anilines is 1. The molecular formula is C19H22N6O3. The molecule has 3 fully saturated rings. The molecule has 0 bridgehead atoms. The largest absolute Gasteiger partial charge is 0.351 e. The molecule has 2 amide bonds. The van der Waals surface area contributed by atoms with E-state index < -0.39 is 0 Å². The number of piperidine rings is 1. The molecule has 0 aliphatic carbocycles. The van der Waals surface area contributed by atoms with Crippen LogP contribution in [0.2, 0.25) is 0 Å². The second kappa shape index (κ2) is 6.29. The van der Waals surface area contributed by atoms with E-state index in [1.54, 1.807) is 29.4 Å². The van der Waals surface area contributed by atoms with Crippen LogP contribution in [0.5, 0.6) is 0 Å². The van der Waals surface area contributed by atoms with Crippen molar-refractivity contribution in [3.63, 3.8) is 0 Å². The van der Waals surface area contributed by atoms with Crippen molar-refractivity contribution >= 4 is 17.8 Å². The highest BCUT2D eigenvalue weighted by atomic mass is 16.5. The van der Waals surface area contributed by atoms with Gasteiger partial charge in [0.1, 0.15) is 0 Å². The summed E-state index contributed by atoms with van der Waals surface area (Å²) in [6.45, 7) is 2.62. The average molecular weight is 382 g/mol. The molecule has 9 heteroatoms. The van der Waals surface area contributed by atoms with Crippen LogP contribution in [0.4, 0.5) is 5.95 Å². The van der Waals surface area contributed by atoms with Crippen molar-refractivity contribution in [3.05, 3.63) is 36.5 Å². The van der Waals surface area contributed by atoms with Gasteiger partial charge in [-0.1, -0.05) is 5.16 Å². The zero-order chi connectivity index (χ0) is 19.3. The number of hydrogen-bond acceptors (Lipinski definition) is 7. The minimum absolute atomic E-state index is 0.0367. The first-order chi connectivity index (χ1) is 13.6. The first-order valence-corrected chi connectivity index (χ1v) is 9.60. The summed E-state index contributed by atoms with van der Waals surface area (Å²) < 4.78 is 5.01. The monoisotopic (exact) mass is 382 g/mol. The molecule has 0 aromatic carbocycles. The van der Waals surface area contributed by atoms with Gasteiger partial charge in [-0.25, -0.2) is 9.97 Å². The molecule has 9 nitrogen and oxygen atoms in total. The van der Waals surface area contributed by atoms with Crippen LogP contribution in [0, 0.1) is 11.8 Å². The molecule has 2 aromatic heterocycles. The Bertz CT molecular complexity index is 878. The van der Waals surface area contributed by atoms with E-state index in [9.17, 15) is 9.59 Å². The lowest BCUT2D eigenvalue weighted by molar-refractivity contribution is -0.133. The van der Waals surface area contributed by atoms with Crippen LogP contribution < -0.4 is 4.90 Å². The summed E-state index contributed by atoms with van der Waals surface area (Å²) in [6, 6.07) is 3.38. The minimum atomic E-state index is -0.219. The Labute approximate surface area is 162 Å². The topological polar surface area (TPSA) is 95.7 Å². The normalized spacial score (nSPS) is 26.2. The van der Waals surface area contributed by atoms with Crippen LogP contribution in [-0.2, 0) is 4.79 Å². The molecule has 2 atom stereocenters. The summed E-state index contributed by atoms with van der Waals surface area (Å²) in [5.74, 6) is 1.18. The molecule has 3 aliphatic rings. The molecule has 146 valence electrons. The van der Waals surface area contributed by atoms with Gasteiger partial charge in [-0.05, 0) is 18.9 Å². The SMILES string of the molecule is CN1C(=O)[C@@H]2CN(c3ncccn3)C[C@@H]2C12CCN(C(=O)c1ccno1)CC2. The fraction of sp³-hybridized carbons (Fsp3) is 0.526. The predicted molar refractivity (Wildman–Crippen MR) is 98.4 cm³/mol. The number of hydrogen-bond donors (Lipinski definition) is 0. The third-order valence-electron chi connectivity index (χ3n) is 6.73. The number of amides is 2. The summed E-state index contributed by atoms with van der Waals surface area (Å²) >= 11 is 0. The van der Waals surface area contributed by atoms with E-state index in [-0.39, 0.29) is 34.9 Å². The third-order valence-corrected chi connectivity index (χ3v) is 6.73. The second-order valence-corrected chi connectivity index (χ2v) is 7.84. The van der Waals surface area contributed by atoms with Crippen LogP contribution in [0.1, 0.15) is 23.4 Å². The van der Waals surface area contributed by atoms with Crippen LogP contribution in [0.15, 0.2) is 35.2 Å². The molecule has 5 rings (SSSR count). The van der Waals surface area contributed by atoms with Crippen molar-refractivity contribution < 1.29 is 14.1 Å². The molecule has 5 heterocycles. The van der Waals surface area contributed by atoms with Crippen molar-refractivity contribution in [2.24, 2.45) is 11.8 Å². The van der Waals surface area contributed by atoms with Crippen LogP contribution in [0.25, 0.3) is 0 Å². The van der Waals surface area contributed by atoms with Crippen molar-refractivity contribution in [1.29, 1.82) is 0 Å². The highest BCUT2D eigenvalue weighted by Crippen LogP contribution is 2.49. The van der Waals surface area contributed by atoms with Gasteiger partial charge < -0.3 is 19.2 Å². The summed E-state index contributed by atoms with van der Waals surface area (Å²) in [7, 11) is 1.91. The van der Waals surface area contributed by atoms with E-state index in [0.717, 1.165) is 19.4 Å². The Morgan fingerprint density at radius 1 is 1.18 bits per heavy atom. The maximum atomic E-state index is 13.0. The Hall–Kier alpha value is -2.97. The average Bonchev–Trinajstić information content (AvgIpc) is 3.46. The zero-order valence-corrected chi connectivity index (χ0v) is 15.7. The fourth-order valence-corrected chi connectivity index (χ4v) is 5.22. The summed E-state index contributed by atoms with van der Waals surface area (Å²) in [6.07, 6.45) is 6.46. The van der Waals surface area contributed by atoms with E-state index in [0.29, 0.717) is 25.6 Å². The first-order valence-electron chi connectivity index (χ1n) is 9.60. The number of carbonyl (C=O) groups excluding carboxylic acids is 2. The van der Waals surface area contributed by atoms with Crippen LogP contribution in [-0.4, -0.2) is 75.5 Å². The number of carbonyl (C=O) groups is 2. The van der Waals surface area contributed by atoms with E-state index in [1.807, 2.05) is 11.9 Å². The summed E-state index contributed by atoms with van der Waals surface area (Å²) in [4.78, 5) is 40.1. The lowest BCUT2D eigenvalue weighted by Crippen LogP contribution is -2.56. The summed E-state index contributed by atoms with van der Waals surface area (Å²) in [5.41, 5.74) is -0.219. The van der Waals surface area contributed by atoms with Gasteiger partial charge in [0, 0.05) is 57.6 Å². The zero-order valence-electron chi connectivity index (χ0n) is 15.7. The summed E-state index contributed by atoms with van der Waals surface area (Å²) in [5, 5.41) is 3.62. The molecule has 0 saturated carbocycles. The number of nitrogens with zero attached hydrogens (tertiary/aromatic N) is 6. The van der Waals surface area contributed by atoms with Gasteiger partial charge in [0.05, 0.1) is 17.7 Å². The first kappa shape index (κ1) is 17.2. The Kier molecular flexibility index (Phi) is 3.85. The van der Waals surface area contributed by atoms with Crippen LogP contribution in [0.3, 0.4) is 0 Å². The fourth-order valence-electron chi connectivity index (χ4n) is 5.22. The smallest absolute Gasteiger partial charge is 0.292 e. The number of rotatable bonds is 2. The maximum absolute atomic E-state index is 13.0. The third kappa shape index (κ3) is 2.42. The van der Waals surface area contributed by atoms with Crippen molar-refractivity contribution in [1.82, 2.24) is 24.9 Å². The molecule has 28 heavy (non-hydrogen) atoms. The van der Waals surface area contributed by atoms with Gasteiger partial charge in [0.15, 0.2) is 0 Å². The molecule has 3 aliphatic heterocycles. The van der Waals surface area contributed by atoms with E-state index in [1.165, 1.54) is 6.20 Å². The van der Waals surface area contributed by atoms with Gasteiger partial charge >= 0.3 is 0 Å². The molecule has 0 radical (unpaired) electrons. The van der Waals surface area contributed by atoms with E-state index in [4.69, 9.17) is 4.52 Å². The highest BCUT2D eigenvalue weighted by molar-refractivity contribution is 5.91.